The molecule has 0 saturated heterocycles. The summed E-state index contributed by atoms with van der Waals surface area (Å²) in [6.07, 6.45) is 2.12. The fraction of sp³-hybridized carbons (Fsp3) is 0.200. The third kappa shape index (κ3) is 4.32. The summed E-state index contributed by atoms with van der Waals surface area (Å²) in [5.74, 6) is 0.354. The molecule has 0 atom stereocenters. The third-order valence-electron chi connectivity index (χ3n) is 4.00. The summed E-state index contributed by atoms with van der Waals surface area (Å²) in [7, 11) is 0. The zero-order valence-electron chi connectivity index (χ0n) is 14.0. The molecule has 0 bridgehead atoms. The van der Waals surface area contributed by atoms with Crippen LogP contribution in [0.5, 0.6) is 0 Å². The van der Waals surface area contributed by atoms with Gasteiger partial charge >= 0.3 is 0 Å². The Morgan fingerprint density at radius 2 is 1.92 bits per heavy atom. The Bertz CT molecular complexity index is 873. The minimum atomic E-state index is -0.360. The average molecular weight is 338 g/mol. The molecule has 25 heavy (non-hydrogen) atoms. The Morgan fingerprint density at radius 3 is 2.72 bits per heavy atom. The smallest absolute Gasteiger partial charge is 0.220 e. The van der Waals surface area contributed by atoms with Crippen LogP contribution in [0.3, 0.4) is 0 Å². The molecule has 3 rings (SSSR count). The quantitative estimate of drug-likeness (QED) is 0.738. The predicted octanol–water partition coefficient (Wildman–Crippen LogP) is 4.04. The number of halogens is 1. The van der Waals surface area contributed by atoms with Gasteiger partial charge < -0.3 is 9.73 Å². The number of nitrogens with zero attached hydrogens (tertiary/aromatic N) is 1. The molecule has 1 amide bonds. The van der Waals surface area contributed by atoms with Crippen LogP contribution in [0.2, 0.25) is 0 Å². The highest BCUT2D eigenvalue weighted by Gasteiger charge is 2.11. The first-order chi connectivity index (χ1) is 12.1. The number of oxazole rings is 1. The summed E-state index contributed by atoms with van der Waals surface area (Å²) < 4.78 is 19.3. The molecule has 0 radical (unpaired) electrons. The molecule has 0 aliphatic carbocycles. The molecule has 1 heterocycles. The van der Waals surface area contributed by atoms with Gasteiger partial charge in [0.15, 0.2) is 11.7 Å². The second kappa shape index (κ2) is 7.75. The highest BCUT2D eigenvalue weighted by molar-refractivity contribution is 5.76. The summed E-state index contributed by atoms with van der Waals surface area (Å²) in [5.41, 5.74) is 2.60. The number of nitrogens with one attached hydrogen (secondary N) is 1. The predicted molar refractivity (Wildman–Crippen MR) is 93.2 cm³/mol. The molecule has 2 aromatic carbocycles. The topological polar surface area (TPSA) is 55.1 Å². The van der Waals surface area contributed by atoms with Gasteiger partial charge in [-0.05, 0) is 30.2 Å². The summed E-state index contributed by atoms with van der Waals surface area (Å²) in [6.45, 7) is 2.51. The molecule has 0 aliphatic heterocycles. The highest BCUT2D eigenvalue weighted by Crippen LogP contribution is 2.23. The molecular formula is C20H19FN2O2. The first-order valence-electron chi connectivity index (χ1n) is 8.14. The second-order valence-corrected chi connectivity index (χ2v) is 5.80. The Labute approximate surface area is 145 Å². The van der Waals surface area contributed by atoms with Crippen LogP contribution in [-0.2, 0) is 17.8 Å². The van der Waals surface area contributed by atoms with Crippen LogP contribution >= 0.6 is 0 Å². The molecule has 1 aromatic heterocycles. The standard InChI is InChI=1S/C20H19FN2O2/c1-14-6-2-3-7-15(14)12-22-19(24)10-11-20-23-13-18(25-20)16-8-4-5-9-17(16)21/h2-9,13H,10-12H2,1H3,(H,22,24). The Hall–Kier alpha value is -2.95. The van der Waals surface area contributed by atoms with Crippen molar-refractivity contribution in [2.75, 3.05) is 0 Å². The van der Waals surface area contributed by atoms with Crippen molar-refractivity contribution in [1.82, 2.24) is 10.3 Å². The molecule has 0 spiro atoms. The lowest BCUT2D eigenvalue weighted by Gasteiger charge is -2.07. The lowest BCUT2D eigenvalue weighted by atomic mass is 10.1. The Kier molecular flexibility index (Phi) is 5.23. The van der Waals surface area contributed by atoms with Crippen molar-refractivity contribution in [2.45, 2.75) is 26.3 Å². The molecular weight excluding hydrogens is 319 g/mol. The van der Waals surface area contributed by atoms with E-state index >= 15 is 0 Å². The normalized spacial score (nSPS) is 10.6. The maximum atomic E-state index is 13.7. The minimum Gasteiger partial charge on any atom is -0.441 e. The monoisotopic (exact) mass is 338 g/mol. The molecule has 128 valence electrons. The lowest BCUT2D eigenvalue weighted by molar-refractivity contribution is -0.121. The van der Waals surface area contributed by atoms with Gasteiger partial charge in [0.05, 0.1) is 11.8 Å². The van der Waals surface area contributed by atoms with Crippen LogP contribution in [0.15, 0.2) is 59.1 Å². The van der Waals surface area contributed by atoms with Crippen LogP contribution in [0.25, 0.3) is 11.3 Å². The molecule has 0 unspecified atom stereocenters. The second-order valence-electron chi connectivity index (χ2n) is 5.80. The zero-order valence-corrected chi connectivity index (χ0v) is 14.0. The van der Waals surface area contributed by atoms with E-state index in [0.717, 1.165) is 11.1 Å². The van der Waals surface area contributed by atoms with E-state index in [9.17, 15) is 9.18 Å². The Balaban J connectivity index is 1.53. The molecule has 0 aliphatic rings. The van der Waals surface area contributed by atoms with E-state index in [1.54, 1.807) is 18.2 Å². The Morgan fingerprint density at radius 1 is 1.16 bits per heavy atom. The van der Waals surface area contributed by atoms with E-state index in [1.807, 2.05) is 31.2 Å². The maximum Gasteiger partial charge on any atom is 0.220 e. The zero-order chi connectivity index (χ0) is 17.6. The van der Waals surface area contributed by atoms with Gasteiger partial charge in [-0.15, -0.1) is 0 Å². The third-order valence-corrected chi connectivity index (χ3v) is 4.00. The summed E-state index contributed by atoms with van der Waals surface area (Å²) in [4.78, 5) is 16.1. The van der Waals surface area contributed by atoms with E-state index in [1.165, 1.54) is 12.3 Å². The minimum absolute atomic E-state index is 0.0751. The number of carbonyl (C=O) groups excluding carboxylic acids is 1. The molecule has 4 nitrogen and oxygen atoms in total. The van der Waals surface area contributed by atoms with Crippen LogP contribution in [-0.4, -0.2) is 10.9 Å². The van der Waals surface area contributed by atoms with Crippen LogP contribution in [0.1, 0.15) is 23.4 Å². The van der Waals surface area contributed by atoms with Gasteiger partial charge in [-0.2, -0.15) is 0 Å². The largest absolute Gasteiger partial charge is 0.441 e. The number of hydrogen-bond donors (Lipinski definition) is 1. The average Bonchev–Trinajstić information content (AvgIpc) is 3.08. The fourth-order valence-electron chi connectivity index (χ4n) is 2.52. The van der Waals surface area contributed by atoms with Crippen molar-refractivity contribution in [1.29, 1.82) is 0 Å². The number of aromatic nitrogens is 1. The van der Waals surface area contributed by atoms with Crippen molar-refractivity contribution >= 4 is 5.91 Å². The number of amides is 1. The van der Waals surface area contributed by atoms with Crippen molar-refractivity contribution < 1.29 is 13.6 Å². The van der Waals surface area contributed by atoms with Gasteiger partial charge in [0.25, 0.3) is 0 Å². The van der Waals surface area contributed by atoms with Crippen molar-refractivity contribution in [3.8, 4) is 11.3 Å². The number of hydrogen-bond acceptors (Lipinski definition) is 3. The van der Waals surface area contributed by atoms with Crippen LogP contribution < -0.4 is 5.32 Å². The van der Waals surface area contributed by atoms with Gasteiger partial charge in [-0.25, -0.2) is 9.37 Å². The van der Waals surface area contributed by atoms with Gasteiger partial charge in [-0.3, -0.25) is 4.79 Å². The number of benzene rings is 2. The number of carbonyl (C=O) groups is 1. The summed E-state index contributed by atoms with van der Waals surface area (Å²) in [6, 6.07) is 14.3. The van der Waals surface area contributed by atoms with E-state index < -0.39 is 0 Å². The lowest BCUT2D eigenvalue weighted by Crippen LogP contribution is -2.23. The summed E-state index contributed by atoms with van der Waals surface area (Å²) >= 11 is 0. The van der Waals surface area contributed by atoms with Gasteiger partial charge in [0, 0.05) is 19.4 Å². The van der Waals surface area contributed by atoms with Crippen molar-refractivity contribution in [3.05, 3.63) is 77.6 Å². The van der Waals surface area contributed by atoms with E-state index in [2.05, 4.69) is 10.3 Å². The van der Waals surface area contributed by atoms with E-state index in [4.69, 9.17) is 4.42 Å². The van der Waals surface area contributed by atoms with Crippen LogP contribution in [0, 0.1) is 12.7 Å². The van der Waals surface area contributed by atoms with Crippen molar-refractivity contribution in [2.24, 2.45) is 0 Å². The summed E-state index contributed by atoms with van der Waals surface area (Å²) in [5, 5.41) is 2.89. The number of aryl methyl sites for hydroxylation is 2. The highest BCUT2D eigenvalue weighted by atomic mass is 19.1. The number of rotatable bonds is 6. The van der Waals surface area contributed by atoms with E-state index in [-0.39, 0.29) is 18.1 Å². The first-order valence-corrected chi connectivity index (χ1v) is 8.14. The van der Waals surface area contributed by atoms with Gasteiger partial charge in [-0.1, -0.05) is 36.4 Å². The van der Waals surface area contributed by atoms with Crippen molar-refractivity contribution in [3.63, 3.8) is 0 Å². The molecule has 5 heteroatoms. The van der Waals surface area contributed by atoms with Gasteiger partial charge in [0.1, 0.15) is 5.82 Å². The molecule has 0 saturated carbocycles. The fourth-order valence-corrected chi connectivity index (χ4v) is 2.52. The maximum absolute atomic E-state index is 13.7. The van der Waals surface area contributed by atoms with Crippen LogP contribution in [0.4, 0.5) is 4.39 Å². The SMILES string of the molecule is Cc1ccccc1CNC(=O)CCc1ncc(-c2ccccc2F)o1. The molecule has 0 fully saturated rings. The molecule has 3 aromatic rings. The first kappa shape index (κ1) is 16.9. The molecule has 1 N–H and O–H groups in total. The van der Waals surface area contributed by atoms with E-state index in [0.29, 0.717) is 30.2 Å². The van der Waals surface area contributed by atoms with Gasteiger partial charge in [0.2, 0.25) is 5.91 Å².